The lowest BCUT2D eigenvalue weighted by Crippen LogP contribution is -2.49. The van der Waals surface area contributed by atoms with Crippen molar-refractivity contribution in [2.24, 2.45) is 0 Å². The fourth-order valence-corrected chi connectivity index (χ4v) is 6.24. The minimum absolute atomic E-state index is 0.0392. The lowest BCUT2D eigenvalue weighted by molar-refractivity contribution is -0.117. The van der Waals surface area contributed by atoms with Gasteiger partial charge in [-0.25, -0.2) is 17.2 Å². The first kappa shape index (κ1) is 22.7. The van der Waals surface area contributed by atoms with Crippen LogP contribution >= 0.6 is 0 Å². The van der Waals surface area contributed by atoms with Gasteiger partial charge < -0.3 is 10.2 Å². The number of rotatable bonds is 5. The van der Waals surface area contributed by atoms with E-state index in [0.717, 1.165) is 29.2 Å². The Hall–Kier alpha value is -2.53. The van der Waals surface area contributed by atoms with Crippen LogP contribution in [0.5, 0.6) is 0 Å². The first-order valence-corrected chi connectivity index (χ1v) is 12.4. The average molecular weight is 468 g/mol. The van der Waals surface area contributed by atoms with Gasteiger partial charge in [-0.15, -0.1) is 0 Å². The maximum Gasteiger partial charge on any atom is 0.238 e. The molecule has 2 saturated heterocycles. The minimum atomic E-state index is -3.00. The SMILES string of the molecule is Cc1nn(C2CCS(=O)(=O)C2)c(C)c1N1CCN(CC(=O)Nc2ccc(F)cc2F)CC1. The Labute approximate surface area is 186 Å². The van der Waals surface area contributed by atoms with Gasteiger partial charge in [0.25, 0.3) is 0 Å². The Morgan fingerprint density at radius 2 is 1.91 bits per heavy atom. The highest BCUT2D eigenvalue weighted by Gasteiger charge is 2.32. The molecule has 174 valence electrons. The number of benzene rings is 1. The zero-order valence-corrected chi connectivity index (χ0v) is 19.0. The number of carbonyl (C=O) groups is 1. The molecule has 1 unspecified atom stereocenters. The number of aromatic nitrogens is 2. The second-order valence-corrected chi connectivity index (χ2v) is 10.7. The van der Waals surface area contributed by atoms with Gasteiger partial charge in [-0.1, -0.05) is 0 Å². The zero-order valence-electron chi connectivity index (χ0n) is 18.1. The van der Waals surface area contributed by atoms with Crippen LogP contribution in [0.2, 0.25) is 0 Å². The Bertz CT molecular complexity index is 1130. The Morgan fingerprint density at radius 1 is 1.19 bits per heavy atom. The van der Waals surface area contributed by atoms with Gasteiger partial charge in [0.05, 0.1) is 46.9 Å². The molecule has 1 aromatic carbocycles. The van der Waals surface area contributed by atoms with Crippen LogP contribution in [0, 0.1) is 25.5 Å². The molecule has 2 aliphatic rings. The molecule has 2 fully saturated rings. The smallest absolute Gasteiger partial charge is 0.238 e. The number of aryl methyl sites for hydroxylation is 1. The standard InChI is InChI=1S/C21H27F2N5O3S/c1-14-21(15(2)28(25-14)17-5-10-32(30,31)13-17)27-8-6-26(7-9-27)12-20(29)24-19-4-3-16(22)11-18(19)23/h3-4,11,17H,5-10,12-13H2,1-2H3,(H,24,29). The van der Waals surface area contributed by atoms with Crippen molar-refractivity contribution in [2.45, 2.75) is 26.3 Å². The van der Waals surface area contributed by atoms with E-state index in [0.29, 0.717) is 32.6 Å². The van der Waals surface area contributed by atoms with E-state index in [1.54, 1.807) is 0 Å². The number of sulfone groups is 1. The predicted molar refractivity (Wildman–Crippen MR) is 118 cm³/mol. The fraction of sp³-hybridized carbons (Fsp3) is 0.524. The van der Waals surface area contributed by atoms with Crippen molar-refractivity contribution in [2.75, 3.05) is 54.4 Å². The summed E-state index contributed by atoms with van der Waals surface area (Å²) >= 11 is 0. The topological polar surface area (TPSA) is 87.5 Å². The monoisotopic (exact) mass is 467 g/mol. The molecule has 1 atom stereocenters. The number of nitrogens with zero attached hydrogens (tertiary/aromatic N) is 4. The van der Waals surface area contributed by atoms with Crippen LogP contribution in [0.3, 0.4) is 0 Å². The minimum Gasteiger partial charge on any atom is -0.366 e. The van der Waals surface area contributed by atoms with Crippen LogP contribution < -0.4 is 10.2 Å². The largest absolute Gasteiger partial charge is 0.366 e. The van der Waals surface area contributed by atoms with E-state index in [-0.39, 0.29) is 35.7 Å². The summed E-state index contributed by atoms with van der Waals surface area (Å²) in [6.07, 6.45) is 0.585. The summed E-state index contributed by atoms with van der Waals surface area (Å²) in [4.78, 5) is 16.5. The zero-order chi connectivity index (χ0) is 23.0. The highest BCUT2D eigenvalue weighted by molar-refractivity contribution is 7.91. The summed E-state index contributed by atoms with van der Waals surface area (Å²) in [5.74, 6) is -1.52. The van der Waals surface area contributed by atoms with Gasteiger partial charge in [0.2, 0.25) is 5.91 Å². The molecule has 8 nitrogen and oxygen atoms in total. The van der Waals surface area contributed by atoms with Gasteiger partial charge in [0, 0.05) is 32.2 Å². The number of hydrogen-bond donors (Lipinski definition) is 1. The molecular formula is C21H27F2N5O3S. The van der Waals surface area contributed by atoms with Gasteiger partial charge in [0.15, 0.2) is 9.84 Å². The number of anilines is 2. The quantitative estimate of drug-likeness (QED) is 0.723. The molecule has 2 aliphatic heterocycles. The number of piperazine rings is 1. The van der Waals surface area contributed by atoms with Crippen LogP contribution in [0.15, 0.2) is 18.2 Å². The van der Waals surface area contributed by atoms with Gasteiger partial charge >= 0.3 is 0 Å². The molecule has 2 aromatic rings. The molecule has 0 spiro atoms. The van der Waals surface area contributed by atoms with E-state index in [4.69, 9.17) is 0 Å². The van der Waals surface area contributed by atoms with Crippen LogP contribution in [0.25, 0.3) is 0 Å². The first-order valence-electron chi connectivity index (χ1n) is 10.6. The molecule has 0 radical (unpaired) electrons. The molecule has 0 bridgehead atoms. The highest BCUT2D eigenvalue weighted by atomic mass is 32.2. The maximum absolute atomic E-state index is 13.7. The Balaban J connectivity index is 1.35. The fourth-order valence-electron chi connectivity index (χ4n) is 4.55. The third-order valence-corrected chi connectivity index (χ3v) is 7.85. The molecule has 11 heteroatoms. The van der Waals surface area contributed by atoms with Crippen molar-refractivity contribution >= 4 is 27.1 Å². The van der Waals surface area contributed by atoms with E-state index >= 15 is 0 Å². The molecule has 1 aromatic heterocycles. The summed E-state index contributed by atoms with van der Waals surface area (Å²) in [6.45, 7) is 6.67. The number of hydrogen-bond acceptors (Lipinski definition) is 6. The Morgan fingerprint density at radius 3 is 2.53 bits per heavy atom. The summed E-state index contributed by atoms with van der Waals surface area (Å²) < 4.78 is 52.3. The van der Waals surface area contributed by atoms with E-state index < -0.39 is 21.5 Å². The van der Waals surface area contributed by atoms with Crippen LogP contribution in [0.4, 0.5) is 20.2 Å². The molecule has 1 amide bonds. The summed E-state index contributed by atoms with van der Waals surface area (Å²) in [5, 5.41) is 7.12. The number of amides is 1. The van der Waals surface area contributed by atoms with Crippen molar-refractivity contribution in [1.82, 2.24) is 14.7 Å². The molecule has 1 N–H and O–H groups in total. The van der Waals surface area contributed by atoms with Gasteiger partial charge in [-0.3, -0.25) is 14.4 Å². The number of halogens is 2. The highest BCUT2D eigenvalue weighted by Crippen LogP contribution is 2.31. The molecule has 0 saturated carbocycles. The predicted octanol–water partition coefficient (Wildman–Crippen LogP) is 1.90. The normalized spacial score (nSPS) is 21.1. The van der Waals surface area contributed by atoms with E-state index in [2.05, 4.69) is 15.3 Å². The second kappa shape index (κ2) is 8.78. The third kappa shape index (κ3) is 4.78. The van der Waals surface area contributed by atoms with Crippen molar-refractivity contribution in [3.8, 4) is 0 Å². The summed E-state index contributed by atoms with van der Waals surface area (Å²) in [6, 6.07) is 2.92. The van der Waals surface area contributed by atoms with Crippen molar-refractivity contribution in [3.63, 3.8) is 0 Å². The Kier molecular flexibility index (Phi) is 6.22. The van der Waals surface area contributed by atoms with Gasteiger partial charge in [0.1, 0.15) is 11.6 Å². The van der Waals surface area contributed by atoms with Gasteiger partial charge in [-0.2, -0.15) is 5.10 Å². The van der Waals surface area contributed by atoms with E-state index in [1.165, 1.54) is 6.07 Å². The summed E-state index contributed by atoms with van der Waals surface area (Å²) in [7, 11) is -3.00. The van der Waals surface area contributed by atoms with Gasteiger partial charge in [-0.05, 0) is 32.4 Å². The van der Waals surface area contributed by atoms with Crippen LogP contribution in [-0.4, -0.2) is 73.2 Å². The number of carbonyl (C=O) groups excluding carboxylic acids is 1. The van der Waals surface area contributed by atoms with E-state index in [9.17, 15) is 22.0 Å². The lowest BCUT2D eigenvalue weighted by Gasteiger charge is -2.36. The molecule has 3 heterocycles. The van der Waals surface area contributed by atoms with Crippen molar-refractivity contribution in [3.05, 3.63) is 41.2 Å². The van der Waals surface area contributed by atoms with Crippen LogP contribution in [-0.2, 0) is 14.6 Å². The second-order valence-electron chi connectivity index (χ2n) is 8.46. The maximum atomic E-state index is 13.7. The molecule has 32 heavy (non-hydrogen) atoms. The van der Waals surface area contributed by atoms with Crippen molar-refractivity contribution < 1.29 is 22.0 Å². The van der Waals surface area contributed by atoms with E-state index in [1.807, 2.05) is 23.4 Å². The van der Waals surface area contributed by atoms with Crippen LogP contribution in [0.1, 0.15) is 23.9 Å². The lowest BCUT2D eigenvalue weighted by atomic mass is 10.2. The average Bonchev–Trinajstić information content (AvgIpc) is 3.23. The summed E-state index contributed by atoms with van der Waals surface area (Å²) in [5.41, 5.74) is 2.81. The molecule has 4 rings (SSSR count). The molecule has 0 aliphatic carbocycles. The number of nitrogens with one attached hydrogen (secondary N) is 1. The molecular weight excluding hydrogens is 440 g/mol. The first-order chi connectivity index (χ1) is 15.1. The third-order valence-electron chi connectivity index (χ3n) is 6.10. The van der Waals surface area contributed by atoms with Crippen molar-refractivity contribution in [1.29, 1.82) is 0 Å².